The maximum Gasteiger partial charge on any atom is 0.236 e. The zero-order chi connectivity index (χ0) is 8.44. The third kappa shape index (κ3) is 1.23. The van der Waals surface area contributed by atoms with Gasteiger partial charge in [-0.3, -0.25) is 0 Å². The molecule has 3 nitrogen and oxygen atoms in total. The maximum absolute atomic E-state index is 9.68. The van der Waals surface area contributed by atoms with Crippen molar-refractivity contribution in [3.63, 3.8) is 0 Å². The van der Waals surface area contributed by atoms with Crippen molar-refractivity contribution in [2.75, 3.05) is 6.61 Å². The van der Waals surface area contributed by atoms with Crippen LogP contribution in [0.2, 0.25) is 0 Å². The van der Waals surface area contributed by atoms with E-state index < -0.39 is 11.9 Å². The Bertz CT molecular complexity index is 182. The molecule has 0 radical (unpaired) electrons. The molecule has 0 saturated carbocycles. The molecule has 2 rings (SSSR count). The van der Waals surface area contributed by atoms with Crippen LogP contribution in [0.5, 0.6) is 0 Å². The molecule has 68 valence electrons. The predicted molar refractivity (Wildman–Crippen MR) is 43.4 cm³/mol. The van der Waals surface area contributed by atoms with Gasteiger partial charge in [0.05, 0.1) is 12.9 Å². The number of hydrogen-bond acceptors (Lipinski definition) is 3. The monoisotopic (exact) mass is 170 g/mol. The molecule has 12 heavy (non-hydrogen) atoms. The molecule has 2 aliphatic heterocycles. The summed E-state index contributed by atoms with van der Waals surface area (Å²) in [6, 6.07) is 0. The molecule has 2 unspecified atom stereocenters. The average Bonchev–Trinajstić information content (AvgIpc) is 2.12. The molecule has 2 aliphatic rings. The van der Waals surface area contributed by atoms with Gasteiger partial charge in [-0.05, 0) is 18.9 Å². The van der Waals surface area contributed by atoms with Crippen molar-refractivity contribution in [3.05, 3.63) is 12.3 Å². The van der Waals surface area contributed by atoms with E-state index in [9.17, 15) is 5.11 Å². The minimum absolute atomic E-state index is 0.497. The fourth-order valence-corrected chi connectivity index (χ4v) is 1.75. The molecular weight excluding hydrogens is 156 g/mol. The van der Waals surface area contributed by atoms with E-state index >= 15 is 0 Å². The lowest BCUT2D eigenvalue weighted by molar-refractivity contribution is -0.280. The van der Waals surface area contributed by atoms with E-state index in [1.807, 2.05) is 6.08 Å². The quantitative estimate of drug-likeness (QED) is 0.593. The number of hydrogen-bond donors (Lipinski definition) is 1. The number of rotatable bonds is 0. The van der Waals surface area contributed by atoms with Crippen LogP contribution in [0.4, 0.5) is 0 Å². The van der Waals surface area contributed by atoms with Crippen LogP contribution in [0.15, 0.2) is 12.3 Å². The fourth-order valence-electron chi connectivity index (χ4n) is 1.75. The van der Waals surface area contributed by atoms with Gasteiger partial charge >= 0.3 is 0 Å². The molecule has 0 aromatic heterocycles. The van der Waals surface area contributed by atoms with Crippen LogP contribution in [-0.2, 0) is 9.47 Å². The molecular formula is C9H14O3. The summed E-state index contributed by atoms with van der Waals surface area (Å²) in [6.45, 7) is 0.699. The first-order chi connectivity index (χ1) is 5.83. The molecule has 3 heteroatoms. The molecule has 0 amide bonds. The van der Waals surface area contributed by atoms with Crippen LogP contribution in [-0.4, -0.2) is 23.6 Å². The Morgan fingerprint density at radius 2 is 2.33 bits per heavy atom. The highest BCUT2D eigenvalue weighted by atomic mass is 16.7. The van der Waals surface area contributed by atoms with E-state index in [0.717, 1.165) is 19.3 Å². The largest absolute Gasteiger partial charge is 0.467 e. The normalized spacial score (nSPS) is 41.2. The van der Waals surface area contributed by atoms with Crippen molar-refractivity contribution in [2.45, 2.75) is 37.6 Å². The molecule has 0 aromatic carbocycles. The van der Waals surface area contributed by atoms with Gasteiger partial charge in [0.2, 0.25) is 5.79 Å². The zero-order valence-electron chi connectivity index (χ0n) is 7.03. The van der Waals surface area contributed by atoms with Crippen molar-refractivity contribution in [1.29, 1.82) is 0 Å². The van der Waals surface area contributed by atoms with Crippen LogP contribution in [0, 0.1) is 0 Å². The molecule has 1 N–H and O–H groups in total. The van der Waals surface area contributed by atoms with Gasteiger partial charge < -0.3 is 14.6 Å². The predicted octanol–water partition coefficient (Wildman–Crippen LogP) is 1.18. The van der Waals surface area contributed by atoms with Gasteiger partial charge in [-0.1, -0.05) is 0 Å². The Labute approximate surface area is 72.0 Å². The van der Waals surface area contributed by atoms with E-state index in [2.05, 4.69) is 0 Å². The topological polar surface area (TPSA) is 38.7 Å². The first kappa shape index (κ1) is 8.08. The Kier molecular flexibility index (Phi) is 2.07. The molecule has 1 spiro atoms. The lowest BCUT2D eigenvalue weighted by atomic mass is 9.96. The fraction of sp³-hybridized carbons (Fsp3) is 0.778. The van der Waals surface area contributed by atoms with E-state index in [-0.39, 0.29) is 0 Å². The lowest BCUT2D eigenvalue weighted by Gasteiger charge is -2.41. The second-order valence-electron chi connectivity index (χ2n) is 3.36. The maximum atomic E-state index is 9.68. The number of aliphatic hydroxyl groups is 1. The Morgan fingerprint density at radius 1 is 1.42 bits per heavy atom. The number of ether oxygens (including phenoxy) is 2. The minimum atomic E-state index is -0.715. The molecule has 0 bridgehead atoms. The SMILES string of the molecule is OC1CC=COC12CCCCO2. The highest BCUT2D eigenvalue weighted by Crippen LogP contribution is 2.33. The molecule has 1 saturated heterocycles. The van der Waals surface area contributed by atoms with E-state index in [1.54, 1.807) is 6.26 Å². The summed E-state index contributed by atoms with van der Waals surface area (Å²) < 4.78 is 10.9. The van der Waals surface area contributed by atoms with Crippen LogP contribution in [0.3, 0.4) is 0 Å². The van der Waals surface area contributed by atoms with E-state index in [0.29, 0.717) is 13.0 Å². The highest BCUT2D eigenvalue weighted by molar-refractivity contribution is 4.94. The molecule has 2 heterocycles. The van der Waals surface area contributed by atoms with Gasteiger partial charge in [0.1, 0.15) is 6.10 Å². The summed E-state index contributed by atoms with van der Waals surface area (Å²) in [6.07, 6.45) is 6.56. The zero-order valence-corrected chi connectivity index (χ0v) is 7.03. The molecule has 1 fully saturated rings. The second-order valence-corrected chi connectivity index (χ2v) is 3.36. The van der Waals surface area contributed by atoms with Crippen LogP contribution in [0.1, 0.15) is 25.7 Å². The van der Waals surface area contributed by atoms with Crippen LogP contribution < -0.4 is 0 Å². The lowest BCUT2D eigenvalue weighted by Crippen LogP contribution is -2.49. The minimum Gasteiger partial charge on any atom is -0.467 e. The molecule has 0 aromatic rings. The summed E-state index contributed by atoms with van der Waals surface area (Å²) in [7, 11) is 0. The molecule has 2 atom stereocenters. The van der Waals surface area contributed by atoms with Gasteiger partial charge in [-0.25, -0.2) is 0 Å². The molecule has 0 aliphatic carbocycles. The second kappa shape index (κ2) is 3.07. The first-order valence-corrected chi connectivity index (χ1v) is 4.48. The number of aliphatic hydroxyl groups excluding tert-OH is 1. The Balaban J connectivity index is 2.11. The summed E-state index contributed by atoms with van der Waals surface area (Å²) in [5.74, 6) is -0.715. The van der Waals surface area contributed by atoms with E-state index in [1.165, 1.54) is 0 Å². The van der Waals surface area contributed by atoms with Crippen molar-refractivity contribution >= 4 is 0 Å². The van der Waals surface area contributed by atoms with Gasteiger partial charge in [0.15, 0.2) is 0 Å². The summed E-state index contributed by atoms with van der Waals surface area (Å²) in [5.41, 5.74) is 0. The van der Waals surface area contributed by atoms with Crippen molar-refractivity contribution in [3.8, 4) is 0 Å². The Hall–Kier alpha value is -0.540. The highest BCUT2D eigenvalue weighted by Gasteiger charge is 2.43. The van der Waals surface area contributed by atoms with Crippen molar-refractivity contribution in [1.82, 2.24) is 0 Å². The standard InChI is InChI=1S/C9H14O3/c10-8-4-3-7-12-9(8)5-1-2-6-11-9/h3,7-8,10H,1-2,4-6H2. The Morgan fingerprint density at radius 3 is 3.00 bits per heavy atom. The third-order valence-corrected chi connectivity index (χ3v) is 2.50. The van der Waals surface area contributed by atoms with E-state index in [4.69, 9.17) is 9.47 Å². The van der Waals surface area contributed by atoms with Gasteiger partial charge in [-0.15, -0.1) is 0 Å². The van der Waals surface area contributed by atoms with Gasteiger partial charge in [-0.2, -0.15) is 0 Å². The summed E-state index contributed by atoms with van der Waals surface area (Å²) in [5, 5.41) is 9.68. The smallest absolute Gasteiger partial charge is 0.236 e. The third-order valence-electron chi connectivity index (χ3n) is 2.50. The average molecular weight is 170 g/mol. The van der Waals surface area contributed by atoms with Crippen molar-refractivity contribution in [2.24, 2.45) is 0 Å². The van der Waals surface area contributed by atoms with Gasteiger partial charge in [0, 0.05) is 12.8 Å². The van der Waals surface area contributed by atoms with Crippen LogP contribution >= 0.6 is 0 Å². The first-order valence-electron chi connectivity index (χ1n) is 4.48. The van der Waals surface area contributed by atoms with Gasteiger partial charge in [0.25, 0.3) is 0 Å². The summed E-state index contributed by atoms with van der Waals surface area (Å²) in [4.78, 5) is 0. The van der Waals surface area contributed by atoms with Crippen LogP contribution in [0.25, 0.3) is 0 Å². The summed E-state index contributed by atoms with van der Waals surface area (Å²) >= 11 is 0. The van der Waals surface area contributed by atoms with Crippen molar-refractivity contribution < 1.29 is 14.6 Å².